The van der Waals surface area contributed by atoms with Crippen molar-refractivity contribution in [2.75, 3.05) is 26.2 Å². The molecule has 0 aromatic heterocycles. The third-order valence-corrected chi connectivity index (χ3v) is 8.13. The van der Waals surface area contributed by atoms with E-state index in [1.54, 1.807) is 0 Å². The molecule has 2 atom stereocenters. The quantitative estimate of drug-likeness (QED) is 0.193. The molecule has 188 valence electrons. The number of aliphatic hydroxyl groups excluding tert-OH is 1. The van der Waals surface area contributed by atoms with Gasteiger partial charge in [-0.1, -0.05) is 71.6 Å². The number of carbonyl (C=O) groups is 1. The van der Waals surface area contributed by atoms with Crippen LogP contribution in [0.3, 0.4) is 0 Å². The Bertz CT molecular complexity index is 487. The smallest absolute Gasteiger partial charge is 0.309 e. The number of hydrogen-bond acceptors (Lipinski definition) is 4. The summed E-state index contributed by atoms with van der Waals surface area (Å²) in [6.45, 7) is 8.26. The Balaban J connectivity index is 1.73. The highest BCUT2D eigenvalue weighted by Crippen LogP contribution is 2.47. The fraction of sp³-hybridized carbons (Fsp3) is 0.964. The topological polar surface area (TPSA) is 49.8 Å². The second-order valence-corrected chi connectivity index (χ2v) is 10.8. The summed E-state index contributed by atoms with van der Waals surface area (Å²) in [5.74, 6) is 0.232. The molecule has 32 heavy (non-hydrogen) atoms. The number of ether oxygens (including phenoxy) is 1. The number of piperidine rings is 1. The fourth-order valence-corrected chi connectivity index (χ4v) is 5.86. The minimum atomic E-state index is 0.109. The van der Waals surface area contributed by atoms with Crippen LogP contribution in [0.5, 0.6) is 0 Å². The Morgan fingerprint density at radius 3 is 2.22 bits per heavy atom. The first-order valence-electron chi connectivity index (χ1n) is 14.2. The van der Waals surface area contributed by atoms with Gasteiger partial charge < -0.3 is 14.7 Å². The van der Waals surface area contributed by atoms with Crippen molar-refractivity contribution in [1.82, 2.24) is 4.90 Å². The first kappa shape index (κ1) is 27.6. The molecule has 2 aliphatic rings. The lowest BCUT2D eigenvalue weighted by Gasteiger charge is -2.39. The predicted molar refractivity (Wildman–Crippen MR) is 134 cm³/mol. The number of esters is 1. The van der Waals surface area contributed by atoms with E-state index in [9.17, 15) is 4.79 Å². The van der Waals surface area contributed by atoms with Gasteiger partial charge in [0.05, 0.1) is 5.92 Å². The summed E-state index contributed by atoms with van der Waals surface area (Å²) in [5, 5.41) is 9.00. The highest BCUT2D eigenvalue weighted by atomic mass is 16.5. The predicted octanol–water partition coefficient (Wildman–Crippen LogP) is 6.88. The molecule has 1 heterocycles. The van der Waals surface area contributed by atoms with Crippen molar-refractivity contribution < 1.29 is 14.6 Å². The number of carbonyl (C=O) groups excluding carboxylic acids is 1. The molecule has 1 aliphatic carbocycles. The van der Waals surface area contributed by atoms with Gasteiger partial charge in [-0.3, -0.25) is 4.79 Å². The molecule has 4 nitrogen and oxygen atoms in total. The normalized spacial score (nSPS) is 21.8. The lowest BCUT2D eigenvalue weighted by molar-refractivity contribution is -0.154. The Morgan fingerprint density at radius 1 is 0.906 bits per heavy atom. The molecule has 2 fully saturated rings. The van der Waals surface area contributed by atoms with Crippen molar-refractivity contribution in [3.63, 3.8) is 0 Å². The maximum Gasteiger partial charge on any atom is 0.309 e. The third kappa shape index (κ3) is 10.1. The van der Waals surface area contributed by atoms with E-state index in [1.807, 2.05) is 0 Å². The van der Waals surface area contributed by atoms with Gasteiger partial charge in [0.1, 0.15) is 6.10 Å². The minimum absolute atomic E-state index is 0.109. The molecular weight excluding hydrogens is 398 g/mol. The van der Waals surface area contributed by atoms with Crippen molar-refractivity contribution in [1.29, 1.82) is 0 Å². The second kappa shape index (κ2) is 16.1. The number of unbranched alkanes of at least 4 members (excludes halogenated alkanes) is 8. The summed E-state index contributed by atoms with van der Waals surface area (Å²) in [4.78, 5) is 15.6. The number of hydrogen-bond donors (Lipinski definition) is 1. The monoisotopic (exact) mass is 451 g/mol. The minimum Gasteiger partial charge on any atom is -0.462 e. The number of rotatable bonds is 17. The zero-order valence-electron chi connectivity index (χ0n) is 21.4. The van der Waals surface area contributed by atoms with E-state index in [-0.39, 0.29) is 18.0 Å². The van der Waals surface area contributed by atoms with Gasteiger partial charge in [0.15, 0.2) is 0 Å². The average molecular weight is 452 g/mol. The lowest BCUT2D eigenvalue weighted by Crippen LogP contribution is -2.39. The van der Waals surface area contributed by atoms with Crippen LogP contribution in [0.2, 0.25) is 0 Å². The first-order valence-corrected chi connectivity index (χ1v) is 14.2. The molecule has 4 heteroatoms. The van der Waals surface area contributed by atoms with Gasteiger partial charge in [-0.25, -0.2) is 0 Å². The highest BCUT2D eigenvalue weighted by molar-refractivity contribution is 5.72. The van der Waals surface area contributed by atoms with Gasteiger partial charge in [-0.05, 0) is 82.8 Å². The Kier molecular flexibility index (Phi) is 13.9. The van der Waals surface area contributed by atoms with Crippen LogP contribution in [0.15, 0.2) is 0 Å². The zero-order valence-corrected chi connectivity index (χ0v) is 21.4. The average Bonchev–Trinajstić information content (AvgIpc) is 3.18. The van der Waals surface area contributed by atoms with Crippen LogP contribution in [0, 0.1) is 11.3 Å². The van der Waals surface area contributed by atoms with E-state index in [4.69, 9.17) is 9.84 Å². The van der Waals surface area contributed by atoms with E-state index < -0.39 is 0 Å². The van der Waals surface area contributed by atoms with Crippen LogP contribution in [0.1, 0.15) is 129 Å². The third-order valence-electron chi connectivity index (χ3n) is 8.13. The molecule has 0 radical (unpaired) electrons. The summed E-state index contributed by atoms with van der Waals surface area (Å²) in [6, 6.07) is 0. The summed E-state index contributed by atoms with van der Waals surface area (Å²) >= 11 is 0. The fourth-order valence-electron chi connectivity index (χ4n) is 5.86. The Labute approximate surface area is 198 Å². The molecule has 0 aromatic carbocycles. The molecule has 0 bridgehead atoms. The number of nitrogens with zero attached hydrogens (tertiary/aromatic N) is 1. The molecule has 1 saturated heterocycles. The molecule has 2 unspecified atom stereocenters. The van der Waals surface area contributed by atoms with Gasteiger partial charge in [0, 0.05) is 6.61 Å². The molecule has 1 spiro atoms. The Morgan fingerprint density at radius 2 is 1.53 bits per heavy atom. The highest BCUT2D eigenvalue weighted by Gasteiger charge is 2.43. The van der Waals surface area contributed by atoms with Crippen LogP contribution in [0.4, 0.5) is 0 Å². The molecule has 1 N–H and O–H groups in total. The van der Waals surface area contributed by atoms with Crippen LogP contribution in [-0.2, 0) is 9.53 Å². The summed E-state index contributed by atoms with van der Waals surface area (Å²) < 4.78 is 6.15. The summed E-state index contributed by atoms with van der Waals surface area (Å²) in [7, 11) is 0. The van der Waals surface area contributed by atoms with Crippen LogP contribution >= 0.6 is 0 Å². The largest absolute Gasteiger partial charge is 0.462 e. The van der Waals surface area contributed by atoms with Crippen molar-refractivity contribution in [2.24, 2.45) is 11.3 Å². The summed E-state index contributed by atoms with van der Waals surface area (Å²) in [5.41, 5.74) is 0.412. The number of aliphatic hydroxyl groups is 1. The summed E-state index contributed by atoms with van der Waals surface area (Å²) in [6.07, 6.45) is 21.4. The van der Waals surface area contributed by atoms with Gasteiger partial charge in [0.25, 0.3) is 0 Å². The first-order chi connectivity index (χ1) is 15.6. The molecule has 2 rings (SSSR count). The van der Waals surface area contributed by atoms with Gasteiger partial charge in [-0.2, -0.15) is 0 Å². The van der Waals surface area contributed by atoms with Crippen molar-refractivity contribution in [3.05, 3.63) is 0 Å². The SMILES string of the molecule is CCCCCCCCC(CCCCC)C(=O)OC1CCC2(CCN(CCCCO)CC2)C1. The van der Waals surface area contributed by atoms with E-state index in [2.05, 4.69) is 18.7 Å². The van der Waals surface area contributed by atoms with E-state index in [0.717, 1.165) is 51.5 Å². The van der Waals surface area contributed by atoms with Crippen molar-refractivity contribution in [2.45, 2.75) is 136 Å². The molecule has 1 aliphatic heterocycles. The van der Waals surface area contributed by atoms with Crippen molar-refractivity contribution in [3.8, 4) is 0 Å². The Hall–Kier alpha value is -0.610. The van der Waals surface area contributed by atoms with E-state index >= 15 is 0 Å². The molecule has 1 saturated carbocycles. The molecular formula is C28H53NO3. The number of likely N-dealkylation sites (tertiary alicyclic amines) is 1. The van der Waals surface area contributed by atoms with Gasteiger partial charge in [-0.15, -0.1) is 0 Å². The van der Waals surface area contributed by atoms with Crippen LogP contribution < -0.4 is 0 Å². The van der Waals surface area contributed by atoms with E-state index in [0.29, 0.717) is 12.0 Å². The van der Waals surface area contributed by atoms with Crippen LogP contribution in [-0.4, -0.2) is 48.3 Å². The zero-order chi connectivity index (χ0) is 23.1. The molecule has 0 amide bonds. The maximum atomic E-state index is 13.1. The molecule has 0 aromatic rings. The van der Waals surface area contributed by atoms with E-state index in [1.165, 1.54) is 83.7 Å². The van der Waals surface area contributed by atoms with Gasteiger partial charge in [0.2, 0.25) is 0 Å². The lowest BCUT2D eigenvalue weighted by atomic mass is 9.77. The van der Waals surface area contributed by atoms with Gasteiger partial charge >= 0.3 is 5.97 Å². The maximum absolute atomic E-state index is 13.1. The standard InChI is InChI=1S/C28H53NO3/c1-3-5-7-8-9-11-15-25(14-10-6-4-2)27(31)32-26-16-17-28(24-26)18-21-29(22-19-28)20-12-13-23-30/h25-26,30H,3-24H2,1-2H3. The second-order valence-electron chi connectivity index (χ2n) is 10.8. The van der Waals surface area contributed by atoms with Crippen molar-refractivity contribution >= 4 is 5.97 Å². The van der Waals surface area contributed by atoms with Crippen LogP contribution in [0.25, 0.3) is 0 Å².